The highest BCUT2D eigenvalue weighted by Gasteiger charge is 2.32. The summed E-state index contributed by atoms with van der Waals surface area (Å²) in [7, 11) is -1.80. The number of alkyl halides is 3. The van der Waals surface area contributed by atoms with Gasteiger partial charge >= 0.3 is 13.3 Å². The fourth-order valence-electron chi connectivity index (χ4n) is 0.726. The zero-order valence-corrected chi connectivity index (χ0v) is 7.51. The summed E-state index contributed by atoms with van der Waals surface area (Å²) in [4.78, 5) is 3.03. The summed E-state index contributed by atoms with van der Waals surface area (Å²) in [5.41, 5.74) is -1.13. The van der Waals surface area contributed by atoms with Gasteiger partial charge in [0.05, 0.1) is 0 Å². The van der Waals surface area contributed by atoms with Crippen molar-refractivity contribution >= 4 is 25.0 Å². The number of rotatable bonds is 1. The molecule has 0 aliphatic rings. The maximum absolute atomic E-state index is 11.9. The van der Waals surface area contributed by atoms with Crippen molar-refractivity contribution in [1.29, 1.82) is 0 Å². The van der Waals surface area contributed by atoms with Gasteiger partial charge in [-0.3, -0.25) is 4.98 Å². The van der Waals surface area contributed by atoms with Crippen LogP contribution in [0.15, 0.2) is 18.3 Å². The summed E-state index contributed by atoms with van der Waals surface area (Å²) in [6.45, 7) is 0. The summed E-state index contributed by atoms with van der Waals surface area (Å²) >= 11 is 0. The van der Waals surface area contributed by atoms with E-state index in [1.54, 1.807) is 0 Å². The van der Waals surface area contributed by atoms with Gasteiger partial charge in [-0.1, -0.05) is 6.07 Å². The molecule has 0 saturated heterocycles. The lowest BCUT2D eigenvalue weighted by molar-refractivity contribution is -0.141. The van der Waals surface area contributed by atoms with Crippen molar-refractivity contribution in [2.24, 2.45) is 0 Å². The third kappa shape index (κ3) is 3.17. The van der Waals surface area contributed by atoms with Crippen LogP contribution in [0.5, 0.6) is 0 Å². The zero-order valence-electron chi connectivity index (χ0n) is 6.69. The molecule has 78 valence electrons. The van der Waals surface area contributed by atoms with Crippen molar-refractivity contribution < 1.29 is 23.2 Å². The van der Waals surface area contributed by atoms with E-state index < -0.39 is 19.0 Å². The topological polar surface area (TPSA) is 53.4 Å². The van der Waals surface area contributed by atoms with E-state index in [9.17, 15) is 13.2 Å². The van der Waals surface area contributed by atoms with Crippen LogP contribution in [-0.2, 0) is 6.18 Å². The second-order valence-corrected chi connectivity index (χ2v) is 2.35. The third-order valence-corrected chi connectivity index (χ3v) is 1.37. The number of halogens is 4. The Morgan fingerprint density at radius 2 is 1.79 bits per heavy atom. The van der Waals surface area contributed by atoms with Crippen LogP contribution in [0, 0.1) is 0 Å². The molecule has 0 spiro atoms. The molecule has 2 N–H and O–H groups in total. The highest BCUT2D eigenvalue weighted by atomic mass is 35.5. The first kappa shape index (κ1) is 13.2. The molecule has 0 aliphatic carbocycles. The van der Waals surface area contributed by atoms with Gasteiger partial charge in [-0.05, 0) is 6.07 Å². The number of hydrogen-bond acceptors (Lipinski definition) is 3. The molecular formula is C6H6BClF3NO2. The maximum Gasteiger partial charge on any atom is 0.490 e. The van der Waals surface area contributed by atoms with E-state index in [1.165, 1.54) is 0 Å². The minimum atomic E-state index is -4.50. The maximum atomic E-state index is 11.9. The number of nitrogens with zero attached hydrogens (tertiary/aromatic N) is 1. The summed E-state index contributed by atoms with van der Waals surface area (Å²) in [6, 6.07) is 1.65. The van der Waals surface area contributed by atoms with Gasteiger partial charge in [0.15, 0.2) is 0 Å². The third-order valence-electron chi connectivity index (χ3n) is 1.37. The molecule has 0 fully saturated rings. The minimum Gasteiger partial charge on any atom is -0.423 e. The second-order valence-electron chi connectivity index (χ2n) is 2.35. The number of aromatic nitrogens is 1. The summed E-state index contributed by atoms with van der Waals surface area (Å²) in [5.74, 6) is 0. The van der Waals surface area contributed by atoms with Crippen LogP contribution in [0.25, 0.3) is 0 Å². The Kier molecular flexibility index (Phi) is 4.37. The van der Waals surface area contributed by atoms with E-state index in [2.05, 4.69) is 4.98 Å². The molecular weight excluding hydrogens is 221 g/mol. The summed E-state index contributed by atoms with van der Waals surface area (Å²) in [5, 5.41) is 17.1. The smallest absolute Gasteiger partial charge is 0.423 e. The molecule has 1 heterocycles. The van der Waals surface area contributed by atoms with E-state index in [1.807, 2.05) is 0 Å². The molecule has 1 rings (SSSR count). The van der Waals surface area contributed by atoms with Gasteiger partial charge in [0.2, 0.25) is 0 Å². The van der Waals surface area contributed by atoms with Crippen molar-refractivity contribution in [2.45, 2.75) is 6.18 Å². The molecule has 14 heavy (non-hydrogen) atoms. The standard InChI is InChI=1S/C6H5BF3NO2.ClH/c8-6(9,10)5-2-1-4(3-11-5)7(12)13;/h1-3,12-13H;1H. The van der Waals surface area contributed by atoms with Crippen molar-refractivity contribution in [1.82, 2.24) is 4.98 Å². The monoisotopic (exact) mass is 227 g/mol. The quantitative estimate of drug-likeness (QED) is 0.674. The highest BCUT2D eigenvalue weighted by Crippen LogP contribution is 2.26. The fourth-order valence-corrected chi connectivity index (χ4v) is 0.726. The molecule has 0 aliphatic heterocycles. The summed E-state index contributed by atoms with van der Waals surface area (Å²) < 4.78 is 35.8. The lowest BCUT2D eigenvalue weighted by atomic mass is 9.82. The SMILES string of the molecule is Cl.OB(O)c1ccc(C(F)(F)F)nc1. The molecule has 1 aromatic rings. The number of hydrogen-bond donors (Lipinski definition) is 2. The molecule has 0 bridgehead atoms. The van der Waals surface area contributed by atoms with Gasteiger partial charge in [0.1, 0.15) is 5.69 Å². The Labute approximate surface area is 84.1 Å². The van der Waals surface area contributed by atoms with Gasteiger partial charge in [-0.15, -0.1) is 12.4 Å². The van der Waals surface area contributed by atoms with Crippen molar-refractivity contribution in [3.8, 4) is 0 Å². The zero-order chi connectivity index (χ0) is 10.1. The van der Waals surface area contributed by atoms with Crippen molar-refractivity contribution in [3.05, 3.63) is 24.0 Å². The molecule has 3 nitrogen and oxygen atoms in total. The van der Waals surface area contributed by atoms with E-state index in [-0.39, 0.29) is 17.9 Å². The predicted octanol–water partition coefficient (Wildman–Crippen LogP) is 0.202. The van der Waals surface area contributed by atoms with Crippen LogP contribution in [0.4, 0.5) is 13.2 Å². The van der Waals surface area contributed by atoms with Gasteiger partial charge in [0, 0.05) is 11.7 Å². The van der Waals surface area contributed by atoms with Crippen LogP contribution >= 0.6 is 12.4 Å². The van der Waals surface area contributed by atoms with Gasteiger partial charge in [-0.2, -0.15) is 13.2 Å². The first-order chi connectivity index (χ1) is 5.91. The van der Waals surface area contributed by atoms with Crippen LogP contribution in [-0.4, -0.2) is 22.2 Å². The molecule has 0 radical (unpaired) electrons. The molecule has 0 atom stereocenters. The number of pyridine rings is 1. The fraction of sp³-hybridized carbons (Fsp3) is 0.167. The van der Waals surface area contributed by atoms with Gasteiger partial charge in [-0.25, -0.2) is 0 Å². The summed E-state index contributed by atoms with van der Waals surface area (Å²) in [6.07, 6.45) is -3.73. The first-order valence-corrected chi connectivity index (χ1v) is 3.30. The van der Waals surface area contributed by atoms with Crippen LogP contribution in [0.2, 0.25) is 0 Å². The average molecular weight is 227 g/mol. The highest BCUT2D eigenvalue weighted by molar-refractivity contribution is 6.58. The molecule has 0 saturated carbocycles. The average Bonchev–Trinajstić information content (AvgIpc) is 2.03. The Bertz CT molecular complexity index is 290. The lowest BCUT2D eigenvalue weighted by Gasteiger charge is -2.05. The van der Waals surface area contributed by atoms with E-state index in [0.717, 1.165) is 12.3 Å². The van der Waals surface area contributed by atoms with Crippen LogP contribution < -0.4 is 5.46 Å². The normalized spacial score (nSPS) is 10.6. The van der Waals surface area contributed by atoms with Crippen LogP contribution in [0.1, 0.15) is 5.69 Å². The molecule has 0 amide bonds. The van der Waals surface area contributed by atoms with E-state index in [4.69, 9.17) is 10.0 Å². The van der Waals surface area contributed by atoms with Crippen molar-refractivity contribution in [2.75, 3.05) is 0 Å². The largest absolute Gasteiger partial charge is 0.490 e. The molecule has 1 aromatic heterocycles. The molecule has 8 heteroatoms. The molecule has 0 unspecified atom stereocenters. The predicted molar refractivity (Wildman–Crippen MR) is 46.3 cm³/mol. The first-order valence-electron chi connectivity index (χ1n) is 3.30. The van der Waals surface area contributed by atoms with E-state index in [0.29, 0.717) is 6.07 Å². The Morgan fingerprint density at radius 3 is 2.07 bits per heavy atom. The van der Waals surface area contributed by atoms with Crippen LogP contribution in [0.3, 0.4) is 0 Å². The van der Waals surface area contributed by atoms with Gasteiger partial charge in [0.25, 0.3) is 0 Å². The van der Waals surface area contributed by atoms with Gasteiger partial charge < -0.3 is 10.0 Å². The minimum absolute atomic E-state index is 0. The Balaban J connectivity index is 0.00000169. The molecule has 0 aromatic carbocycles. The van der Waals surface area contributed by atoms with Crippen molar-refractivity contribution in [3.63, 3.8) is 0 Å². The Morgan fingerprint density at radius 1 is 1.21 bits per heavy atom. The lowest BCUT2D eigenvalue weighted by Crippen LogP contribution is -2.30. The second kappa shape index (κ2) is 4.63. The van der Waals surface area contributed by atoms with E-state index >= 15 is 0 Å². The Hall–Kier alpha value is -0.785.